The van der Waals surface area contributed by atoms with Crippen LogP contribution in [0.5, 0.6) is 5.75 Å². The van der Waals surface area contributed by atoms with Crippen LogP contribution in [0.25, 0.3) is 0 Å². The Morgan fingerprint density at radius 2 is 2.20 bits per heavy atom. The van der Waals surface area contributed by atoms with E-state index in [1.807, 2.05) is 6.92 Å². The largest absolute Gasteiger partial charge is 0.482 e. The number of hydrogen-bond donors (Lipinski definition) is 1. The van der Waals surface area contributed by atoms with Gasteiger partial charge in [-0.1, -0.05) is 23.2 Å². The first-order valence-electron chi connectivity index (χ1n) is 4.48. The summed E-state index contributed by atoms with van der Waals surface area (Å²) in [6, 6.07) is 4.85. The van der Waals surface area contributed by atoms with Crippen LogP contribution in [0.1, 0.15) is 6.92 Å². The normalized spacial score (nSPS) is 9.80. The zero-order chi connectivity index (χ0) is 11.3. The highest BCUT2D eigenvalue weighted by atomic mass is 35.5. The van der Waals surface area contributed by atoms with Crippen LogP contribution in [-0.2, 0) is 4.79 Å². The van der Waals surface area contributed by atoms with E-state index in [0.29, 0.717) is 22.3 Å². The molecule has 0 aromatic heterocycles. The van der Waals surface area contributed by atoms with Gasteiger partial charge in [-0.3, -0.25) is 4.79 Å². The average Bonchev–Trinajstić information content (AvgIpc) is 2.20. The van der Waals surface area contributed by atoms with Gasteiger partial charge in [0.25, 0.3) is 5.91 Å². The lowest BCUT2D eigenvalue weighted by Gasteiger charge is -2.07. The lowest BCUT2D eigenvalue weighted by molar-refractivity contribution is -0.122. The Bertz CT molecular complexity index is 355. The SMILES string of the molecule is CCNC(=O)COc1cc(Cl)ccc1Cl. The van der Waals surface area contributed by atoms with Crippen molar-refractivity contribution in [1.82, 2.24) is 5.32 Å². The predicted molar refractivity (Wildman–Crippen MR) is 60.6 cm³/mol. The quantitative estimate of drug-likeness (QED) is 0.888. The van der Waals surface area contributed by atoms with E-state index in [1.54, 1.807) is 18.2 Å². The molecule has 0 spiro atoms. The first kappa shape index (κ1) is 12.1. The van der Waals surface area contributed by atoms with Gasteiger partial charge in [0.05, 0.1) is 5.02 Å². The van der Waals surface area contributed by atoms with Gasteiger partial charge in [0, 0.05) is 17.6 Å². The van der Waals surface area contributed by atoms with Crippen LogP contribution in [0, 0.1) is 0 Å². The number of benzene rings is 1. The van der Waals surface area contributed by atoms with Gasteiger partial charge in [0.1, 0.15) is 5.75 Å². The molecule has 0 unspecified atom stereocenters. The Hall–Kier alpha value is -0.930. The van der Waals surface area contributed by atoms with Crippen molar-refractivity contribution in [1.29, 1.82) is 0 Å². The van der Waals surface area contributed by atoms with Gasteiger partial charge in [-0.25, -0.2) is 0 Å². The standard InChI is InChI=1S/C10H11Cl2NO2/c1-2-13-10(14)6-15-9-5-7(11)3-4-8(9)12/h3-5H,2,6H2,1H3,(H,13,14). The van der Waals surface area contributed by atoms with Gasteiger partial charge < -0.3 is 10.1 Å². The summed E-state index contributed by atoms with van der Waals surface area (Å²) in [5, 5.41) is 3.56. The van der Waals surface area contributed by atoms with Crippen LogP contribution < -0.4 is 10.1 Å². The molecule has 0 atom stereocenters. The smallest absolute Gasteiger partial charge is 0.257 e. The molecule has 1 amide bonds. The molecule has 0 heterocycles. The van der Waals surface area contributed by atoms with Crippen LogP contribution in [-0.4, -0.2) is 19.1 Å². The summed E-state index contributed by atoms with van der Waals surface area (Å²) in [7, 11) is 0. The van der Waals surface area contributed by atoms with Crippen molar-refractivity contribution >= 4 is 29.1 Å². The third kappa shape index (κ3) is 3.98. The first-order valence-corrected chi connectivity index (χ1v) is 5.23. The molecule has 0 aliphatic rings. The zero-order valence-electron chi connectivity index (χ0n) is 8.22. The van der Waals surface area contributed by atoms with Crippen LogP contribution in [0.15, 0.2) is 18.2 Å². The zero-order valence-corrected chi connectivity index (χ0v) is 9.73. The van der Waals surface area contributed by atoms with E-state index in [1.165, 1.54) is 0 Å². The van der Waals surface area contributed by atoms with Crippen molar-refractivity contribution in [3.8, 4) is 5.75 Å². The number of ether oxygens (including phenoxy) is 1. The minimum absolute atomic E-state index is 0.0616. The van der Waals surface area contributed by atoms with Gasteiger partial charge in [0.2, 0.25) is 0 Å². The molecule has 0 radical (unpaired) electrons. The summed E-state index contributed by atoms with van der Waals surface area (Å²) in [5.41, 5.74) is 0. The molecule has 3 nitrogen and oxygen atoms in total. The van der Waals surface area contributed by atoms with Crippen LogP contribution in [0.2, 0.25) is 10.0 Å². The lowest BCUT2D eigenvalue weighted by Crippen LogP contribution is -2.28. The Morgan fingerprint density at radius 3 is 2.87 bits per heavy atom. The molecule has 82 valence electrons. The van der Waals surface area contributed by atoms with Crippen molar-refractivity contribution in [2.24, 2.45) is 0 Å². The van der Waals surface area contributed by atoms with E-state index in [2.05, 4.69) is 5.32 Å². The van der Waals surface area contributed by atoms with E-state index in [0.717, 1.165) is 0 Å². The van der Waals surface area contributed by atoms with Crippen LogP contribution in [0.4, 0.5) is 0 Å². The molecule has 0 saturated carbocycles. The Labute approximate surface area is 98.3 Å². The van der Waals surface area contributed by atoms with Gasteiger partial charge in [-0.05, 0) is 19.1 Å². The molecule has 0 aliphatic carbocycles. The number of carbonyl (C=O) groups is 1. The topological polar surface area (TPSA) is 38.3 Å². The van der Waals surface area contributed by atoms with E-state index < -0.39 is 0 Å². The first-order chi connectivity index (χ1) is 7.13. The lowest BCUT2D eigenvalue weighted by atomic mass is 10.3. The molecule has 1 rings (SSSR count). The predicted octanol–water partition coefficient (Wildman–Crippen LogP) is 2.51. The summed E-state index contributed by atoms with van der Waals surface area (Å²) >= 11 is 11.6. The van der Waals surface area contributed by atoms with E-state index in [4.69, 9.17) is 27.9 Å². The fourth-order valence-corrected chi connectivity index (χ4v) is 1.31. The highest BCUT2D eigenvalue weighted by Gasteiger charge is 2.05. The molecule has 1 N–H and O–H groups in total. The maximum absolute atomic E-state index is 11.1. The number of nitrogens with one attached hydrogen (secondary N) is 1. The van der Waals surface area contributed by atoms with Gasteiger partial charge in [-0.15, -0.1) is 0 Å². The van der Waals surface area contributed by atoms with E-state index in [9.17, 15) is 4.79 Å². The van der Waals surface area contributed by atoms with Crippen molar-refractivity contribution < 1.29 is 9.53 Å². The molecular formula is C10H11Cl2NO2. The molecular weight excluding hydrogens is 237 g/mol. The number of hydrogen-bond acceptors (Lipinski definition) is 2. The monoisotopic (exact) mass is 247 g/mol. The second-order valence-corrected chi connectivity index (χ2v) is 3.66. The van der Waals surface area contributed by atoms with E-state index in [-0.39, 0.29) is 12.5 Å². The number of halogens is 2. The number of carbonyl (C=O) groups excluding carboxylic acids is 1. The maximum Gasteiger partial charge on any atom is 0.257 e. The molecule has 1 aromatic rings. The van der Waals surface area contributed by atoms with Crippen molar-refractivity contribution in [2.75, 3.05) is 13.2 Å². The fraction of sp³-hybridized carbons (Fsp3) is 0.300. The third-order valence-corrected chi connectivity index (χ3v) is 2.17. The highest BCUT2D eigenvalue weighted by Crippen LogP contribution is 2.27. The summed E-state index contributed by atoms with van der Waals surface area (Å²) < 4.78 is 5.20. The van der Waals surface area contributed by atoms with Gasteiger partial charge in [0.15, 0.2) is 6.61 Å². The molecule has 1 aromatic carbocycles. The Morgan fingerprint density at radius 1 is 1.47 bits per heavy atom. The van der Waals surface area contributed by atoms with Crippen LogP contribution >= 0.6 is 23.2 Å². The Kier molecular flexibility index (Phi) is 4.72. The molecule has 5 heteroatoms. The van der Waals surface area contributed by atoms with Crippen molar-refractivity contribution in [3.63, 3.8) is 0 Å². The fourth-order valence-electron chi connectivity index (χ4n) is 0.979. The highest BCUT2D eigenvalue weighted by molar-refractivity contribution is 6.34. The average molecular weight is 248 g/mol. The minimum atomic E-state index is -0.187. The van der Waals surface area contributed by atoms with Gasteiger partial charge >= 0.3 is 0 Å². The second-order valence-electron chi connectivity index (χ2n) is 2.82. The number of likely N-dealkylation sites (N-methyl/N-ethyl adjacent to an activating group) is 1. The van der Waals surface area contributed by atoms with Gasteiger partial charge in [-0.2, -0.15) is 0 Å². The summed E-state index contributed by atoms with van der Waals surface area (Å²) in [4.78, 5) is 11.1. The summed E-state index contributed by atoms with van der Waals surface area (Å²) in [6.45, 7) is 2.35. The summed E-state index contributed by atoms with van der Waals surface area (Å²) in [6.07, 6.45) is 0. The minimum Gasteiger partial charge on any atom is -0.482 e. The molecule has 0 saturated heterocycles. The van der Waals surface area contributed by atoms with Crippen molar-refractivity contribution in [2.45, 2.75) is 6.92 Å². The molecule has 0 aliphatic heterocycles. The van der Waals surface area contributed by atoms with E-state index >= 15 is 0 Å². The molecule has 0 fully saturated rings. The van der Waals surface area contributed by atoms with Crippen LogP contribution in [0.3, 0.4) is 0 Å². The number of amides is 1. The maximum atomic E-state index is 11.1. The third-order valence-electron chi connectivity index (χ3n) is 1.63. The number of rotatable bonds is 4. The second kappa shape index (κ2) is 5.83. The van der Waals surface area contributed by atoms with Crippen molar-refractivity contribution in [3.05, 3.63) is 28.2 Å². The molecule has 0 bridgehead atoms. The Balaban J connectivity index is 2.57. The summed E-state index contributed by atoms with van der Waals surface area (Å²) in [5.74, 6) is 0.226. The molecule has 15 heavy (non-hydrogen) atoms.